The Hall–Kier alpha value is -1.54. The number of rotatable bonds is 3. The first-order valence-electron chi connectivity index (χ1n) is 5.45. The number of H-pyrrole nitrogens is 1. The molecule has 2 heteroatoms. The third kappa shape index (κ3) is 2.02. The van der Waals surface area contributed by atoms with Crippen molar-refractivity contribution in [3.8, 4) is 11.1 Å². The highest BCUT2D eigenvalue weighted by Gasteiger charge is 2.09. The lowest BCUT2D eigenvalue weighted by Crippen LogP contribution is -1.91. The monoisotopic (exact) mass is 215 g/mol. The summed E-state index contributed by atoms with van der Waals surface area (Å²) in [6.45, 7) is 4.84. The molecular weight excluding hydrogens is 198 g/mol. The molecule has 2 nitrogen and oxygen atoms in total. The van der Waals surface area contributed by atoms with E-state index in [2.05, 4.69) is 43.1 Å². The van der Waals surface area contributed by atoms with Crippen molar-refractivity contribution in [1.29, 1.82) is 0 Å². The molecule has 1 heterocycles. The van der Waals surface area contributed by atoms with Gasteiger partial charge in [0.15, 0.2) is 0 Å². The summed E-state index contributed by atoms with van der Waals surface area (Å²) in [6, 6.07) is 8.59. The smallest absolute Gasteiger partial charge is 0.0868 e. The van der Waals surface area contributed by atoms with Gasteiger partial charge < -0.3 is 9.72 Å². The van der Waals surface area contributed by atoms with Gasteiger partial charge in [0.2, 0.25) is 0 Å². The lowest BCUT2D eigenvalue weighted by Gasteiger charge is -2.05. The van der Waals surface area contributed by atoms with Gasteiger partial charge in [-0.2, -0.15) is 0 Å². The Morgan fingerprint density at radius 2 is 1.81 bits per heavy atom. The maximum Gasteiger partial charge on any atom is 0.0868 e. The fourth-order valence-electron chi connectivity index (χ4n) is 1.96. The van der Waals surface area contributed by atoms with E-state index in [9.17, 15) is 0 Å². The molecule has 0 radical (unpaired) electrons. The van der Waals surface area contributed by atoms with E-state index in [1.165, 1.54) is 22.3 Å². The molecule has 0 atom stereocenters. The summed E-state index contributed by atoms with van der Waals surface area (Å²) in [5.41, 5.74) is 6.20. The summed E-state index contributed by atoms with van der Waals surface area (Å²) < 4.78 is 5.20. The van der Waals surface area contributed by atoms with Crippen LogP contribution in [0.3, 0.4) is 0 Å². The molecule has 1 N–H and O–H groups in total. The molecular formula is C14H17NO. The Kier molecular flexibility index (Phi) is 3.11. The number of aromatic nitrogens is 1. The van der Waals surface area contributed by atoms with E-state index >= 15 is 0 Å². The van der Waals surface area contributed by atoms with Crippen molar-refractivity contribution in [2.45, 2.75) is 20.5 Å². The lowest BCUT2D eigenvalue weighted by atomic mass is 10.0. The molecule has 0 fully saturated rings. The van der Waals surface area contributed by atoms with Crippen LogP contribution in [0.15, 0.2) is 30.5 Å². The van der Waals surface area contributed by atoms with Crippen LogP contribution in [0.1, 0.15) is 16.8 Å². The van der Waals surface area contributed by atoms with Crippen LogP contribution in [0.2, 0.25) is 0 Å². The van der Waals surface area contributed by atoms with Gasteiger partial charge in [-0.15, -0.1) is 0 Å². The first kappa shape index (κ1) is 11.0. The molecule has 0 aliphatic carbocycles. The first-order valence-corrected chi connectivity index (χ1v) is 5.45. The van der Waals surface area contributed by atoms with Gasteiger partial charge in [0.1, 0.15) is 0 Å². The SMILES string of the molecule is COCc1[nH]cc(C)c1-c1ccc(C)cc1. The van der Waals surface area contributed by atoms with Gasteiger partial charge >= 0.3 is 0 Å². The molecule has 84 valence electrons. The number of nitrogens with one attached hydrogen (secondary N) is 1. The number of methoxy groups -OCH3 is 1. The molecule has 0 spiro atoms. The topological polar surface area (TPSA) is 25.0 Å². The van der Waals surface area contributed by atoms with Crippen molar-refractivity contribution >= 4 is 0 Å². The second-order valence-corrected chi connectivity index (χ2v) is 4.12. The highest BCUT2D eigenvalue weighted by atomic mass is 16.5. The minimum absolute atomic E-state index is 0.622. The predicted octanol–water partition coefficient (Wildman–Crippen LogP) is 3.44. The highest BCUT2D eigenvalue weighted by molar-refractivity contribution is 5.70. The zero-order valence-electron chi connectivity index (χ0n) is 10.0. The van der Waals surface area contributed by atoms with Crippen molar-refractivity contribution in [1.82, 2.24) is 4.98 Å². The molecule has 0 saturated carbocycles. The van der Waals surface area contributed by atoms with Crippen LogP contribution in [0.5, 0.6) is 0 Å². The van der Waals surface area contributed by atoms with Gasteiger partial charge in [0, 0.05) is 24.6 Å². The molecule has 16 heavy (non-hydrogen) atoms. The van der Waals surface area contributed by atoms with Crippen molar-refractivity contribution in [2.75, 3.05) is 7.11 Å². The second kappa shape index (κ2) is 4.54. The normalized spacial score (nSPS) is 10.7. The van der Waals surface area contributed by atoms with E-state index in [0.29, 0.717) is 6.61 Å². The Balaban J connectivity index is 2.45. The Bertz CT molecular complexity index is 468. The average molecular weight is 215 g/mol. The summed E-state index contributed by atoms with van der Waals surface area (Å²) in [6.07, 6.45) is 2.03. The van der Waals surface area contributed by atoms with Gasteiger partial charge in [-0.25, -0.2) is 0 Å². The van der Waals surface area contributed by atoms with E-state index in [0.717, 1.165) is 5.69 Å². The van der Waals surface area contributed by atoms with Crippen LogP contribution in [0.4, 0.5) is 0 Å². The molecule has 2 rings (SSSR count). The van der Waals surface area contributed by atoms with Crippen molar-refractivity contribution in [2.24, 2.45) is 0 Å². The number of hydrogen-bond acceptors (Lipinski definition) is 1. The minimum Gasteiger partial charge on any atom is -0.378 e. The second-order valence-electron chi connectivity index (χ2n) is 4.12. The molecule has 0 amide bonds. The molecule has 0 bridgehead atoms. The van der Waals surface area contributed by atoms with Crippen LogP contribution in [-0.4, -0.2) is 12.1 Å². The number of hydrogen-bond donors (Lipinski definition) is 1. The van der Waals surface area contributed by atoms with Gasteiger partial charge in [0.25, 0.3) is 0 Å². The largest absolute Gasteiger partial charge is 0.378 e. The van der Waals surface area contributed by atoms with Crippen LogP contribution in [0.25, 0.3) is 11.1 Å². The maximum absolute atomic E-state index is 5.20. The summed E-state index contributed by atoms with van der Waals surface area (Å²) >= 11 is 0. The fraction of sp³-hybridized carbons (Fsp3) is 0.286. The third-order valence-electron chi connectivity index (χ3n) is 2.79. The van der Waals surface area contributed by atoms with Gasteiger partial charge in [0.05, 0.1) is 6.61 Å². The summed E-state index contributed by atoms with van der Waals surface area (Å²) in [7, 11) is 1.72. The molecule has 2 aromatic rings. The minimum atomic E-state index is 0.622. The van der Waals surface area contributed by atoms with Gasteiger partial charge in [-0.05, 0) is 25.0 Å². The number of benzene rings is 1. The van der Waals surface area contributed by atoms with Gasteiger partial charge in [-0.3, -0.25) is 0 Å². The van der Waals surface area contributed by atoms with Crippen molar-refractivity contribution in [3.05, 3.63) is 47.3 Å². The first-order chi connectivity index (χ1) is 7.72. The quantitative estimate of drug-likeness (QED) is 0.833. The Morgan fingerprint density at radius 3 is 2.44 bits per heavy atom. The standard InChI is InChI=1S/C14H17NO/c1-10-4-6-12(7-5-10)14-11(2)8-15-13(14)9-16-3/h4-8,15H,9H2,1-3H3. The summed E-state index contributed by atoms with van der Waals surface area (Å²) in [4.78, 5) is 3.26. The van der Waals surface area contributed by atoms with Crippen LogP contribution in [-0.2, 0) is 11.3 Å². The molecule has 0 unspecified atom stereocenters. The number of aromatic amines is 1. The van der Waals surface area contributed by atoms with Gasteiger partial charge in [-0.1, -0.05) is 29.8 Å². The highest BCUT2D eigenvalue weighted by Crippen LogP contribution is 2.27. The van der Waals surface area contributed by atoms with E-state index in [-0.39, 0.29) is 0 Å². The van der Waals surface area contributed by atoms with Crippen molar-refractivity contribution < 1.29 is 4.74 Å². The summed E-state index contributed by atoms with van der Waals surface area (Å²) in [5, 5.41) is 0. The van der Waals surface area contributed by atoms with E-state index in [1.807, 2.05) is 6.20 Å². The Labute approximate surface area is 96.3 Å². The maximum atomic E-state index is 5.20. The zero-order valence-corrected chi connectivity index (χ0v) is 10.0. The van der Waals surface area contributed by atoms with E-state index < -0.39 is 0 Å². The average Bonchev–Trinajstić information content (AvgIpc) is 2.62. The predicted molar refractivity (Wildman–Crippen MR) is 66.4 cm³/mol. The molecule has 0 aliphatic rings. The molecule has 1 aromatic heterocycles. The van der Waals surface area contributed by atoms with Crippen LogP contribution >= 0.6 is 0 Å². The number of ether oxygens (including phenoxy) is 1. The van der Waals surface area contributed by atoms with Crippen LogP contribution < -0.4 is 0 Å². The van der Waals surface area contributed by atoms with E-state index in [4.69, 9.17) is 4.74 Å². The lowest BCUT2D eigenvalue weighted by molar-refractivity contribution is 0.182. The summed E-state index contributed by atoms with van der Waals surface area (Å²) in [5.74, 6) is 0. The van der Waals surface area contributed by atoms with Crippen molar-refractivity contribution in [3.63, 3.8) is 0 Å². The number of aryl methyl sites for hydroxylation is 2. The fourth-order valence-corrected chi connectivity index (χ4v) is 1.96. The molecule has 1 aromatic carbocycles. The van der Waals surface area contributed by atoms with Crippen LogP contribution in [0, 0.1) is 13.8 Å². The molecule has 0 saturated heterocycles. The molecule has 0 aliphatic heterocycles. The Morgan fingerprint density at radius 1 is 1.12 bits per heavy atom. The third-order valence-corrected chi connectivity index (χ3v) is 2.79. The van der Waals surface area contributed by atoms with E-state index in [1.54, 1.807) is 7.11 Å². The zero-order chi connectivity index (χ0) is 11.5.